The molecule has 17 heavy (non-hydrogen) atoms. The normalized spacial score (nSPS) is 13.2. The molecule has 3 rings (SSSR count). The largest absolute Gasteiger partial charge is 0.340 e. The zero-order valence-corrected chi connectivity index (χ0v) is 9.30. The molecule has 1 aliphatic rings. The number of aromatic nitrogens is 1. The first-order valence-corrected chi connectivity index (χ1v) is 5.60. The van der Waals surface area contributed by atoms with Gasteiger partial charge in [-0.1, -0.05) is 18.2 Å². The Balaban J connectivity index is 1.99. The van der Waals surface area contributed by atoms with Crippen LogP contribution in [-0.4, -0.2) is 11.5 Å². The number of hydrogen-bond donors (Lipinski definition) is 0. The lowest BCUT2D eigenvalue weighted by atomic mass is 10.2. The standard InChI is InChI=1S/C14H11N3/c15-9-12-5-6-13(10-16-12)17-8-7-11-3-1-2-4-14(11)17/h1-6,10H,7-8H2. The number of para-hydroxylation sites is 1. The molecule has 2 aromatic rings. The minimum atomic E-state index is 0.459. The average molecular weight is 221 g/mol. The van der Waals surface area contributed by atoms with Crippen LogP contribution in [0.4, 0.5) is 11.4 Å². The highest BCUT2D eigenvalue weighted by molar-refractivity contribution is 5.69. The highest BCUT2D eigenvalue weighted by atomic mass is 15.2. The third kappa shape index (κ3) is 1.64. The van der Waals surface area contributed by atoms with Gasteiger partial charge in [-0.15, -0.1) is 0 Å². The Bertz CT molecular complexity index is 581. The smallest absolute Gasteiger partial charge is 0.140 e. The summed E-state index contributed by atoms with van der Waals surface area (Å²) in [5, 5.41) is 8.73. The molecule has 0 N–H and O–H groups in total. The van der Waals surface area contributed by atoms with E-state index in [0.29, 0.717) is 5.69 Å². The Hall–Kier alpha value is -2.34. The molecule has 0 bridgehead atoms. The molecular weight excluding hydrogens is 210 g/mol. The molecular formula is C14H11N3. The van der Waals surface area contributed by atoms with Crippen molar-refractivity contribution < 1.29 is 0 Å². The van der Waals surface area contributed by atoms with Gasteiger partial charge in [-0.05, 0) is 30.2 Å². The fourth-order valence-electron chi connectivity index (χ4n) is 2.22. The molecule has 0 fully saturated rings. The van der Waals surface area contributed by atoms with Crippen molar-refractivity contribution in [2.45, 2.75) is 6.42 Å². The lowest BCUT2D eigenvalue weighted by molar-refractivity contribution is 0.992. The predicted molar refractivity (Wildman–Crippen MR) is 66.1 cm³/mol. The van der Waals surface area contributed by atoms with E-state index in [4.69, 9.17) is 5.26 Å². The Morgan fingerprint density at radius 3 is 2.82 bits per heavy atom. The van der Waals surface area contributed by atoms with Crippen molar-refractivity contribution in [3.05, 3.63) is 53.9 Å². The maximum atomic E-state index is 8.73. The maximum absolute atomic E-state index is 8.73. The van der Waals surface area contributed by atoms with Gasteiger partial charge in [0.05, 0.1) is 11.9 Å². The lowest BCUT2D eigenvalue weighted by Crippen LogP contribution is -2.13. The van der Waals surface area contributed by atoms with Crippen LogP contribution in [0.25, 0.3) is 0 Å². The molecule has 0 radical (unpaired) electrons. The van der Waals surface area contributed by atoms with Crippen molar-refractivity contribution in [1.29, 1.82) is 5.26 Å². The average Bonchev–Trinajstić information content (AvgIpc) is 2.83. The summed E-state index contributed by atoms with van der Waals surface area (Å²) in [6, 6.07) is 14.1. The van der Waals surface area contributed by atoms with Gasteiger partial charge < -0.3 is 4.90 Å². The molecule has 0 saturated heterocycles. The van der Waals surface area contributed by atoms with Crippen LogP contribution in [-0.2, 0) is 6.42 Å². The SMILES string of the molecule is N#Cc1ccc(N2CCc3ccccc32)cn1. The zero-order chi connectivity index (χ0) is 11.7. The van der Waals surface area contributed by atoms with Crippen molar-refractivity contribution >= 4 is 11.4 Å². The van der Waals surface area contributed by atoms with Gasteiger partial charge in [0, 0.05) is 12.2 Å². The van der Waals surface area contributed by atoms with E-state index < -0.39 is 0 Å². The number of nitriles is 1. The van der Waals surface area contributed by atoms with Gasteiger partial charge in [0.1, 0.15) is 11.8 Å². The Labute approximate surface area is 99.9 Å². The van der Waals surface area contributed by atoms with Crippen LogP contribution in [0.3, 0.4) is 0 Å². The second-order valence-electron chi connectivity index (χ2n) is 4.04. The van der Waals surface area contributed by atoms with E-state index in [9.17, 15) is 0 Å². The second-order valence-corrected chi connectivity index (χ2v) is 4.04. The molecule has 0 aliphatic carbocycles. The van der Waals surface area contributed by atoms with E-state index in [0.717, 1.165) is 18.7 Å². The minimum Gasteiger partial charge on any atom is -0.340 e. The van der Waals surface area contributed by atoms with E-state index >= 15 is 0 Å². The van der Waals surface area contributed by atoms with Gasteiger partial charge in [-0.3, -0.25) is 0 Å². The van der Waals surface area contributed by atoms with Gasteiger partial charge in [-0.2, -0.15) is 5.26 Å². The fourth-order valence-corrected chi connectivity index (χ4v) is 2.22. The van der Waals surface area contributed by atoms with E-state index in [1.54, 1.807) is 12.3 Å². The van der Waals surface area contributed by atoms with Gasteiger partial charge in [0.2, 0.25) is 0 Å². The molecule has 1 aromatic carbocycles. The Morgan fingerprint density at radius 2 is 2.06 bits per heavy atom. The number of rotatable bonds is 1. The monoisotopic (exact) mass is 221 g/mol. The summed E-state index contributed by atoms with van der Waals surface area (Å²) in [7, 11) is 0. The van der Waals surface area contributed by atoms with Gasteiger partial charge >= 0.3 is 0 Å². The van der Waals surface area contributed by atoms with Crippen LogP contribution in [0.2, 0.25) is 0 Å². The van der Waals surface area contributed by atoms with Crippen LogP contribution in [0, 0.1) is 11.3 Å². The molecule has 1 aromatic heterocycles. The molecule has 0 amide bonds. The summed E-state index contributed by atoms with van der Waals surface area (Å²) in [6.07, 6.45) is 2.83. The molecule has 1 aliphatic heterocycles. The summed E-state index contributed by atoms with van der Waals surface area (Å²) >= 11 is 0. The molecule has 0 saturated carbocycles. The maximum Gasteiger partial charge on any atom is 0.140 e. The minimum absolute atomic E-state index is 0.459. The fraction of sp³-hybridized carbons (Fsp3) is 0.143. The molecule has 0 spiro atoms. The molecule has 2 heterocycles. The van der Waals surface area contributed by atoms with E-state index in [1.807, 2.05) is 18.2 Å². The summed E-state index contributed by atoms with van der Waals surface area (Å²) < 4.78 is 0. The third-order valence-corrected chi connectivity index (χ3v) is 3.06. The Morgan fingerprint density at radius 1 is 1.18 bits per heavy atom. The van der Waals surface area contributed by atoms with Gasteiger partial charge in [0.15, 0.2) is 0 Å². The highest BCUT2D eigenvalue weighted by Crippen LogP contribution is 2.33. The Kier molecular flexibility index (Phi) is 2.27. The topological polar surface area (TPSA) is 39.9 Å². The van der Waals surface area contributed by atoms with Gasteiger partial charge in [0.25, 0.3) is 0 Å². The first-order chi connectivity index (χ1) is 8.38. The quantitative estimate of drug-likeness (QED) is 0.743. The van der Waals surface area contributed by atoms with E-state index in [-0.39, 0.29) is 0 Å². The van der Waals surface area contributed by atoms with Crippen molar-refractivity contribution in [3.8, 4) is 6.07 Å². The number of hydrogen-bond acceptors (Lipinski definition) is 3. The summed E-state index contributed by atoms with van der Waals surface area (Å²) in [5.41, 5.74) is 4.13. The summed E-state index contributed by atoms with van der Waals surface area (Å²) in [4.78, 5) is 6.35. The van der Waals surface area contributed by atoms with Crippen molar-refractivity contribution in [2.24, 2.45) is 0 Å². The van der Waals surface area contributed by atoms with E-state index in [1.165, 1.54) is 11.3 Å². The molecule has 3 heteroatoms. The highest BCUT2D eigenvalue weighted by Gasteiger charge is 2.19. The number of anilines is 2. The van der Waals surface area contributed by atoms with Crippen molar-refractivity contribution in [3.63, 3.8) is 0 Å². The zero-order valence-electron chi connectivity index (χ0n) is 9.30. The van der Waals surface area contributed by atoms with Crippen LogP contribution in [0.5, 0.6) is 0 Å². The van der Waals surface area contributed by atoms with Crippen LogP contribution in [0.15, 0.2) is 42.6 Å². The number of fused-ring (bicyclic) bond motifs is 1. The van der Waals surface area contributed by atoms with Crippen LogP contribution >= 0.6 is 0 Å². The van der Waals surface area contributed by atoms with Crippen LogP contribution < -0.4 is 4.90 Å². The van der Waals surface area contributed by atoms with E-state index in [2.05, 4.69) is 28.1 Å². The predicted octanol–water partition coefficient (Wildman–Crippen LogP) is 2.65. The number of pyridine rings is 1. The summed E-state index contributed by atoms with van der Waals surface area (Å²) in [6.45, 7) is 0.979. The van der Waals surface area contributed by atoms with Crippen molar-refractivity contribution in [2.75, 3.05) is 11.4 Å². The first kappa shape index (κ1) is 9.86. The molecule has 82 valence electrons. The molecule has 0 atom stereocenters. The van der Waals surface area contributed by atoms with Gasteiger partial charge in [-0.25, -0.2) is 4.98 Å². The second kappa shape index (κ2) is 3.91. The number of nitrogens with zero attached hydrogens (tertiary/aromatic N) is 3. The number of benzene rings is 1. The van der Waals surface area contributed by atoms with Crippen molar-refractivity contribution in [1.82, 2.24) is 4.98 Å². The molecule has 0 unspecified atom stereocenters. The first-order valence-electron chi connectivity index (χ1n) is 5.60. The third-order valence-electron chi connectivity index (χ3n) is 3.06. The summed E-state index contributed by atoms with van der Waals surface area (Å²) in [5.74, 6) is 0. The van der Waals surface area contributed by atoms with Crippen LogP contribution in [0.1, 0.15) is 11.3 Å². The molecule has 3 nitrogen and oxygen atoms in total. The lowest BCUT2D eigenvalue weighted by Gasteiger charge is -2.18.